The summed E-state index contributed by atoms with van der Waals surface area (Å²) in [4.78, 5) is 12.8. The minimum atomic E-state index is -0.427. The molecule has 0 radical (unpaired) electrons. The van der Waals surface area contributed by atoms with Crippen LogP contribution in [0.25, 0.3) is 42.9 Å². The monoisotopic (exact) mass is 380 g/mol. The molecule has 2 heterocycles. The third-order valence-electron chi connectivity index (χ3n) is 3.80. The lowest BCUT2D eigenvalue weighted by molar-refractivity contribution is 1.07. The van der Waals surface area contributed by atoms with Crippen molar-refractivity contribution >= 4 is 43.1 Å². The number of fused-ring (bicyclic) bond motifs is 3. The molecule has 0 saturated heterocycles. The van der Waals surface area contributed by atoms with E-state index in [1.54, 1.807) is 12.1 Å². The van der Waals surface area contributed by atoms with E-state index in [1.165, 1.54) is 0 Å². The number of rotatable bonds is 2. The molecule has 26 heavy (non-hydrogen) atoms. The van der Waals surface area contributed by atoms with Gasteiger partial charge in [0.1, 0.15) is 0 Å². The van der Waals surface area contributed by atoms with Crippen molar-refractivity contribution < 1.29 is 9.60 Å². The highest BCUT2D eigenvalue weighted by Crippen LogP contribution is 2.39. The van der Waals surface area contributed by atoms with Gasteiger partial charge in [0.25, 0.3) is 0 Å². The van der Waals surface area contributed by atoms with Crippen molar-refractivity contribution in [3.63, 3.8) is 0 Å². The summed E-state index contributed by atoms with van der Waals surface area (Å²) in [6.07, 6.45) is 0. The first-order chi connectivity index (χ1) is 15.7. The molecule has 5 heteroatoms. The Labute approximate surface area is 168 Å². The van der Waals surface area contributed by atoms with Gasteiger partial charge in [-0.15, -0.1) is 11.3 Å². The number of benzene rings is 3. The SMILES string of the molecule is [2H]c1c([2H])c([2H])c2c(sc3c(-c4nc(Cl)nc(-c5ccccc5)n4)c([2H])c([2H])c([2H])c32)c1[2H]. The molecule has 0 aliphatic heterocycles. The van der Waals surface area contributed by atoms with Crippen LogP contribution in [0.1, 0.15) is 9.60 Å². The molecule has 3 nitrogen and oxygen atoms in total. The highest BCUT2D eigenvalue weighted by Gasteiger charge is 2.14. The topological polar surface area (TPSA) is 38.7 Å². The van der Waals surface area contributed by atoms with Crippen molar-refractivity contribution in [2.24, 2.45) is 0 Å². The molecule has 0 fully saturated rings. The maximum absolute atomic E-state index is 8.55. The summed E-state index contributed by atoms with van der Waals surface area (Å²) >= 11 is 7.20. The molecule has 2 aromatic heterocycles. The average molecular weight is 381 g/mol. The molecule has 0 N–H and O–H groups in total. The van der Waals surface area contributed by atoms with Gasteiger partial charge in [0.05, 0.1) is 9.60 Å². The summed E-state index contributed by atoms with van der Waals surface area (Å²) in [6.45, 7) is 0. The van der Waals surface area contributed by atoms with Crippen molar-refractivity contribution in [3.05, 3.63) is 77.9 Å². The minimum absolute atomic E-state index is 0.0270. The van der Waals surface area contributed by atoms with Crippen molar-refractivity contribution in [2.75, 3.05) is 0 Å². The molecule has 3 aromatic carbocycles. The first-order valence-electron chi connectivity index (χ1n) is 11.1. The maximum atomic E-state index is 8.55. The molecule has 0 amide bonds. The van der Waals surface area contributed by atoms with Crippen LogP contribution < -0.4 is 0 Å². The van der Waals surface area contributed by atoms with E-state index in [-0.39, 0.29) is 68.2 Å². The Morgan fingerprint density at radius 1 is 0.808 bits per heavy atom. The minimum Gasteiger partial charge on any atom is -0.208 e. The van der Waals surface area contributed by atoms with Crippen molar-refractivity contribution in [3.8, 4) is 22.8 Å². The Balaban J connectivity index is 1.94. The van der Waals surface area contributed by atoms with Crippen molar-refractivity contribution in [2.45, 2.75) is 0 Å². The van der Waals surface area contributed by atoms with Gasteiger partial charge in [0.2, 0.25) is 5.28 Å². The summed E-state index contributed by atoms with van der Waals surface area (Å²) in [5, 5.41) is 0.193. The van der Waals surface area contributed by atoms with Gasteiger partial charge in [0, 0.05) is 31.3 Å². The molecule has 0 spiro atoms. The summed E-state index contributed by atoms with van der Waals surface area (Å²) in [7, 11) is 0. The molecule has 124 valence electrons. The van der Waals surface area contributed by atoms with Crippen LogP contribution in [0.2, 0.25) is 5.28 Å². The van der Waals surface area contributed by atoms with Crippen LogP contribution in [0.15, 0.2) is 72.6 Å². The summed E-state index contributed by atoms with van der Waals surface area (Å²) in [5.74, 6) is 0.296. The van der Waals surface area contributed by atoms with Crippen LogP contribution in [-0.2, 0) is 0 Å². The molecule has 0 saturated carbocycles. The van der Waals surface area contributed by atoms with E-state index in [9.17, 15) is 0 Å². The van der Waals surface area contributed by atoms with Crippen LogP contribution >= 0.6 is 22.9 Å². The Morgan fingerprint density at radius 3 is 2.46 bits per heavy atom. The summed E-state index contributed by atoms with van der Waals surface area (Å²) < 4.78 is 58.6. The molecular formula is C21H12ClN3S. The van der Waals surface area contributed by atoms with Gasteiger partial charge in [-0.1, -0.05) is 60.5 Å². The van der Waals surface area contributed by atoms with Crippen LogP contribution in [-0.4, -0.2) is 15.0 Å². The smallest absolute Gasteiger partial charge is 0.208 e. The molecular weight excluding hydrogens is 362 g/mol. The zero-order valence-electron chi connectivity index (χ0n) is 20.0. The number of nitrogens with zero attached hydrogens (tertiary/aromatic N) is 3. The lowest BCUT2D eigenvalue weighted by Crippen LogP contribution is -1.97. The molecule has 5 rings (SSSR count). The fraction of sp³-hybridized carbons (Fsp3) is 0. The van der Waals surface area contributed by atoms with Crippen LogP contribution in [0.5, 0.6) is 0 Å². The maximum Gasteiger partial charge on any atom is 0.226 e. The Morgan fingerprint density at radius 2 is 1.58 bits per heavy atom. The number of thiophene rings is 1. The highest BCUT2D eigenvalue weighted by atomic mass is 35.5. The van der Waals surface area contributed by atoms with Crippen LogP contribution in [0, 0.1) is 0 Å². The third-order valence-corrected chi connectivity index (χ3v) is 5.09. The molecule has 0 aliphatic rings. The van der Waals surface area contributed by atoms with E-state index in [4.69, 9.17) is 21.2 Å². The van der Waals surface area contributed by atoms with E-state index in [0.29, 0.717) is 10.3 Å². The van der Waals surface area contributed by atoms with Gasteiger partial charge >= 0.3 is 0 Å². The van der Waals surface area contributed by atoms with Gasteiger partial charge in [-0.2, -0.15) is 9.97 Å². The van der Waals surface area contributed by atoms with E-state index >= 15 is 0 Å². The van der Waals surface area contributed by atoms with Gasteiger partial charge in [-0.05, 0) is 23.7 Å². The molecule has 0 aliphatic carbocycles. The quantitative estimate of drug-likeness (QED) is 0.364. The van der Waals surface area contributed by atoms with Gasteiger partial charge in [0.15, 0.2) is 11.6 Å². The second kappa shape index (κ2) is 6.16. The van der Waals surface area contributed by atoms with Crippen LogP contribution in [0.3, 0.4) is 0 Å². The van der Waals surface area contributed by atoms with Crippen molar-refractivity contribution in [1.82, 2.24) is 15.0 Å². The molecule has 0 unspecified atom stereocenters. The third kappa shape index (κ3) is 2.55. The van der Waals surface area contributed by atoms with Crippen molar-refractivity contribution in [1.29, 1.82) is 0 Å². The Hall–Kier alpha value is -2.82. The fourth-order valence-electron chi connectivity index (χ4n) is 2.66. The van der Waals surface area contributed by atoms with E-state index < -0.39 is 12.1 Å². The summed E-state index contributed by atoms with van der Waals surface area (Å²) in [6, 6.07) is 6.70. The normalized spacial score (nSPS) is 15.0. The second-order valence-electron chi connectivity index (χ2n) is 5.38. The number of hydrogen-bond acceptors (Lipinski definition) is 4. The largest absolute Gasteiger partial charge is 0.226 e. The predicted octanol–water partition coefficient (Wildman–Crippen LogP) is 6.23. The summed E-state index contributed by atoms with van der Waals surface area (Å²) in [5.41, 5.74) is 0.801. The first-order valence-corrected chi connectivity index (χ1v) is 8.79. The lowest BCUT2D eigenvalue weighted by atomic mass is 10.1. The molecule has 5 aromatic rings. The highest BCUT2D eigenvalue weighted by molar-refractivity contribution is 7.26. The number of hydrogen-bond donors (Lipinski definition) is 0. The zero-order valence-corrected chi connectivity index (χ0v) is 14.6. The molecule has 0 bridgehead atoms. The van der Waals surface area contributed by atoms with E-state index in [0.717, 1.165) is 11.3 Å². The Kier molecular flexibility index (Phi) is 2.31. The van der Waals surface area contributed by atoms with Gasteiger partial charge < -0.3 is 0 Å². The number of aromatic nitrogens is 3. The molecule has 0 atom stereocenters. The van der Waals surface area contributed by atoms with E-state index in [1.807, 2.05) is 18.2 Å². The average Bonchev–Trinajstić information content (AvgIpc) is 3.21. The second-order valence-corrected chi connectivity index (χ2v) is 6.74. The standard InChI is InChI=1S/C21H12ClN3S/c22-21-24-19(13-7-2-1-3-8-13)23-20(25-21)16-11-6-10-15-14-9-4-5-12-17(14)26-18(15)16/h1-12H/i4D,5D,6D,9D,10D,11D,12D. The Bertz CT molecular complexity index is 1610. The predicted molar refractivity (Wildman–Crippen MR) is 109 cm³/mol. The van der Waals surface area contributed by atoms with Gasteiger partial charge in [-0.25, -0.2) is 4.98 Å². The fourth-order valence-corrected chi connectivity index (χ4v) is 3.89. The first kappa shape index (κ1) is 9.76. The zero-order chi connectivity index (χ0) is 23.6. The lowest BCUT2D eigenvalue weighted by Gasteiger charge is -2.05. The van der Waals surface area contributed by atoms with Crippen LogP contribution in [0.4, 0.5) is 0 Å². The van der Waals surface area contributed by atoms with E-state index in [2.05, 4.69) is 15.0 Å². The van der Waals surface area contributed by atoms with Gasteiger partial charge in [-0.3, -0.25) is 0 Å². The number of halogens is 1.